The molecule has 0 saturated carbocycles. The van der Waals surface area contributed by atoms with Gasteiger partial charge >= 0.3 is 0 Å². The van der Waals surface area contributed by atoms with Gasteiger partial charge in [0.15, 0.2) is 11.5 Å². The highest BCUT2D eigenvalue weighted by Gasteiger charge is 2.21. The smallest absolute Gasteiger partial charge is 0.258 e. The molecule has 8 heteroatoms. The molecule has 2 aromatic carbocycles. The van der Waals surface area contributed by atoms with Crippen LogP contribution >= 0.6 is 0 Å². The number of H-pyrrole nitrogens is 1. The first-order valence-electron chi connectivity index (χ1n) is 7.74. The maximum atomic E-state index is 13.8. The molecule has 1 aliphatic heterocycles. The van der Waals surface area contributed by atoms with Crippen molar-refractivity contribution in [3.63, 3.8) is 0 Å². The third-order valence-corrected chi connectivity index (χ3v) is 4.01. The predicted molar refractivity (Wildman–Crippen MR) is 89.2 cm³/mol. The molecule has 3 aromatic rings. The van der Waals surface area contributed by atoms with Crippen LogP contribution in [0.4, 0.5) is 14.5 Å². The lowest BCUT2D eigenvalue weighted by molar-refractivity contribution is 0.102. The molecule has 4 rings (SSSR count). The maximum Gasteiger partial charge on any atom is 0.258 e. The number of carbonyl (C=O) groups is 1. The molecule has 0 spiro atoms. The molecule has 1 amide bonds. The fourth-order valence-electron chi connectivity index (χ4n) is 2.69. The van der Waals surface area contributed by atoms with Crippen molar-refractivity contribution in [1.82, 2.24) is 10.2 Å². The first-order valence-corrected chi connectivity index (χ1v) is 7.74. The molecule has 0 unspecified atom stereocenters. The number of fused-ring (bicyclic) bond motifs is 1. The van der Waals surface area contributed by atoms with Crippen LogP contribution < -0.4 is 14.8 Å². The van der Waals surface area contributed by atoms with E-state index in [1.165, 1.54) is 0 Å². The van der Waals surface area contributed by atoms with E-state index in [1.54, 1.807) is 25.1 Å². The number of aryl methyl sites for hydroxylation is 1. The average Bonchev–Trinajstić information content (AvgIpc) is 3.21. The summed E-state index contributed by atoms with van der Waals surface area (Å²) in [6, 6.07) is 8.04. The van der Waals surface area contributed by atoms with Crippen LogP contribution in [-0.2, 0) is 0 Å². The van der Waals surface area contributed by atoms with Gasteiger partial charge in [0.1, 0.15) is 17.3 Å². The molecule has 0 fully saturated rings. The number of hydrogen-bond acceptors (Lipinski definition) is 4. The second kappa shape index (κ2) is 6.14. The molecule has 0 atom stereocenters. The van der Waals surface area contributed by atoms with Crippen molar-refractivity contribution >= 4 is 11.6 Å². The number of nitrogens with zero attached hydrogens (tertiary/aromatic N) is 1. The van der Waals surface area contributed by atoms with Gasteiger partial charge in [-0.3, -0.25) is 9.89 Å². The lowest BCUT2D eigenvalue weighted by Gasteiger charge is -2.08. The number of carbonyl (C=O) groups excluding carboxylic acids is 1. The van der Waals surface area contributed by atoms with Gasteiger partial charge < -0.3 is 14.8 Å². The molecule has 132 valence electrons. The lowest BCUT2D eigenvalue weighted by atomic mass is 10.1. The van der Waals surface area contributed by atoms with E-state index in [0.29, 0.717) is 40.2 Å². The van der Waals surface area contributed by atoms with E-state index in [-0.39, 0.29) is 12.4 Å². The van der Waals surface area contributed by atoms with Gasteiger partial charge in [-0.25, -0.2) is 8.78 Å². The van der Waals surface area contributed by atoms with Crippen molar-refractivity contribution in [1.29, 1.82) is 0 Å². The zero-order valence-corrected chi connectivity index (χ0v) is 13.6. The van der Waals surface area contributed by atoms with Crippen LogP contribution in [0.2, 0.25) is 0 Å². The van der Waals surface area contributed by atoms with Gasteiger partial charge in [0.25, 0.3) is 5.91 Å². The Kier molecular flexibility index (Phi) is 3.80. The standard InChI is InChI=1S/C18H13F2N3O3/c1-9-16(21-18(24)12-4-3-11(19)7-13(12)20)17(23-22-9)10-2-5-14-15(6-10)26-8-25-14/h2-7H,8H2,1H3,(H,21,24)(H,22,23). The van der Waals surface area contributed by atoms with Crippen LogP contribution in [0, 0.1) is 18.6 Å². The molecule has 6 nitrogen and oxygen atoms in total. The Morgan fingerprint density at radius 1 is 1.15 bits per heavy atom. The summed E-state index contributed by atoms with van der Waals surface area (Å²) in [4.78, 5) is 12.4. The summed E-state index contributed by atoms with van der Waals surface area (Å²) >= 11 is 0. The van der Waals surface area contributed by atoms with Crippen molar-refractivity contribution in [2.75, 3.05) is 12.1 Å². The minimum absolute atomic E-state index is 0.145. The number of rotatable bonds is 3. The average molecular weight is 357 g/mol. The normalized spacial score (nSPS) is 12.3. The summed E-state index contributed by atoms with van der Waals surface area (Å²) in [5.41, 5.74) is 1.89. The molecular formula is C18H13F2N3O3. The van der Waals surface area contributed by atoms with E-state index in [4.69, 9.17) is 9.47 Å². The lowest BCUT2D eigenvalue weighted by Crippen LogP contribution is -2.14. The summed E-state index contributed by atoms with van der Waals surface area (Å²) in [5.74, 6) is -1.19. The Morgan fingerprint density at radius 2 is 1.96 bits per heavy atom. The largest absolute Gasteiger partial charge is 0.454 e. The van der Waals surface area contributed by atoms with Crippen LogP contribution in [0.5, 0.6) is 11.5 Å². The minimum atomic E-state index is -0.937. The van der Waals surface area contributed by atoms with E-state index < -0.39 is 17.5 Å². The number of hydrogen-bond donors (Lipinski definition) is 2. The second-order valence-electron chi connectivity index (χ2n) is 5.72. The van der Waals surface area contributed by atoms with E-state index in [0.717, 1.165) is 12.1 Å². The molecule has 1 aromatic heterocycles. The van der Waals surface area contributed by atoms with Crippen LogP contribution in [0.25, 0.3) is 11.3 Å². The molecule has 0 bridgehead atoms. The molecule has 1 aliphatic rings. The molecule has 2 heterocycles. The van der Waals surface area contributed by atoms with Crippen molar-refractivity contribution in [2.45, 2.75) is 6.92 Å². The van der Waals surface area contributed by atoms with Crippen LogP contribution in [-0.4, -0.2) is 22.9 Å². The topological polar surface area (TPSA) is 76.2 Å². The molecular weight excluding hydrogens is 344 g/mol. The summed E-state index contributed by atoms with van der Waals surface area (Å²) < 4.78 is 37.5. The molecule has 26 heavy (non-hydrogen) atoms. The maximum absolute atomic E-state index is 13.8. The molecule has 2 N–H and O–H groups in total. The number of anilines is 1. The van der Waals surface area contributed by atoms with Crippen LogP contribution in [0.1, 0.15) is 16.1 Å². The number of amides is 1. The van der Waals surface area contributed by atoms with Crippen molar-refractivity contribution in [3.05, 3.63) is 59.3 Å². The SMILES string of the molecule is Cc1[nH]nc(-c2ccc3c(c2)OCO3)c1NC(=O)c1ccc(F)cc1F. The third-order valence-electron chi connectivity index (χ3n) is 4.01. The van der Waals surface area contributed by atoms with Gasteiger partial charge in [-0.1, -0.05) is 0 Å². The highest BCUT2D eigenvalue weighted by atomic mass is 19.1. The number of aromatic nitrogens is 2. The monoisotopic (exact) mass is 357 g/mol. The van der Waals surface area contributed by atoms with Gasteiger partial charge in [0, 0.05) is 11.6 Å². The number of aromatic amines is 1. The van der Waals surface area contributed by atoms with Crippen molar-refractivity contribution in [3.8, 4) is 22.8 Å². The highest BCUT2D eigenvalue weighted by Crippen LogP contribution is 2.38. The summed E-state index contributed by atoms with van der Waals surface area (Å²) in [5, 5.41) is 9.63. The molecule has 0 radical (unpaired) electrons. The number of halogens is 2. The van der Waals surface area contributed by atoms with E-state index in [2.05, 4.69) is 15.5 Å². The Labute approximate surface area is 146 Å². The van der Waals surface area contributed by atoms with Gasteiger partial charge in [0.05, 0.1) is 16.9 Å². The van der Waals surface area contributed by atoms with Crippen molar-refractivity contribution in [2.24, 2.45) is 0 Å². The fraction of sp³-hybridized carbons (Fsp3) is 0.111. The zero-order valence-electron chi connectivity index (χ0n) is 13.6. The quantitative estimate of drug-likeness (QED) is 0.750. The third kappa shape index (κ3) is 2.75. The fourth-order valence-corrected chi connectivity index (χ4v) is 2.69. The van der Waals surface area contributed by atoms with Crippen LogP contribution in [0.3, 0.4) is 0 Å². The van der Waals surface area contributed by atoms with E-state index in [9.17, 15) is 13.6 Å². The summed E-state index contributed by atoms with van der Waals surface area (Å²) in [7, 11) is 0. The van der Waals surface area contributed by atoms with Gasteiger partial charge in [-0.05, 0) is 37.3 Å². The first kappa shape index (κ1) is 16.1. The van der Waals surface area contributed by atoms with Crippen molar-refractivity contribution < 1.29 is 23.0 Å². The minimum Gasteiger partial charge on any atom is -0.454 e. The number of ether oxygens (including phenoxy) is 2. The van der Waals surface area contributed by atoms with Gasteiger partial charge in [-0.2, -0.15) is 5.10 Å². The highest BCUT2D eigenvalue weighted by molar-refractivity contribution is 6.06. The molecule has 0 saturated heterocycles. The Morgan fingerprint density at radius 3 is 2.77 bits per heavy atom. The molecule has 0 aliphatic carbocycles. The van der Waals surface area contributed by atoms with Crippen LogP contribution in [0.15, 0.2) is 36.4 Å². The van der Waals surface area contributed by atoms with E-state index in [1.807, 2.05) is 0 Å². The Balaban J connectivity index is 1.67. The Bertz CT molecular complexity index is 1020. The summed E-state index contributed by atoms with van der Waals surface area (Å²) in [6.07, 6.45) is 0. The van der Waals surface area contributed by atoms with Gasteiger partial charge in [-0.15, -0.1) is 0 Å². The number of nitrogens with one attached hydrogen (secondary N) is 2. The second-order valence-corrected chi connectivity index (χ2v) is 5.72. The van der Waals surface area contributed by atoms with E-state index >= 15 is 0 Å². The van der Waals surface area contributed by atoms with Gasteiger partial charge in [0.2, 0.25) is 6.79 Å². The predicted octanol–water partition coefficient (Wildman–Crippen LogP) is 3.64. The summed E-state index contributed by atoms with van der Waals surface area (Å²) in [6.45, 7) is 1.87. The zero-order chi connectivity index (χ0) is 18.3. The first-order chi connectivity index (χ1) is 12.5. The Hall–Kier alpha value is -3.42. The number of benzene rings is 2.